The number of alkyl halides is 1. The molecule has 0 aliphatic rings. The van der Waals surface area contributed by atoms with Crippen molar-refractivity contribution in [3.8, 4) is 17.0 Å². The van der Waals surface area contributed by atoms with Gasteiger partial charge in [0.2, 0.25) is 5.88 Å². The van der Waals surface area contributed by atoms with Crippen molar-refractivity contribution in [1.29, 1.82) is 0 Å². The molecule has 0 unspecified atom stereocenters. The summed E-state index contributed by atoms with van der Waals surface area (Å²) in [5, 5.41) is 0. The molecule has 0 aliphatic heterocycles. The minimum Gasteiger partial charge on any atom is -0.478 e. The van der Waals surface area contributed by atoms with Crippen LogP contribution in [0.25, 0.3) is 11.1 Å². The molecule has 17 heavy (non-hydrogen) atoms. The zero-order valence-electron chi connectivity index (χ0n) is 9.69. The Bertz CT molecular complexity index is 465. The minimum absolute atomic E-state index is 0.650. The van der Waals surface area contributed by atoms with E-state index >= 15 is 0 Å². The second-order valence-electron chi connectivity index (χ2n) is 3.65. The summed E-state index contributed by atoms with van der Waals surface area (Å²) < 4.78 is 6.36. The highest BCUT2D eigenvalue weighted by molar-refractivity contribution is 14.1. The van der Waals surface area contributed by atoms with Gasteiger partial charge in [-0.25, -0.2) is 4.98 Å². The van der Waals surface area contributed by atoms with Gasteiger partial charge >= 0.3 is 0 Å². The van der Waals surface area contributed by atoms with Crippen LogP contribution in [0, 0.1) is 0 Å². The van der Waals surface area contributed by atoms with E-state index in [1.165, 1.54) is 11.1 Å². The van der Waals surface area contributed by atoms with Crippen LogP contribution in [0.3, 0.4) is 0 Å². The van der Waals surface area contributed by atoms with E-state index in [2.05, 4.69) is 51.8 Å². The molecule has 0 radical (unpaired) electrons. The van der Waals surface area contributed by atoms with Crippen molar-refractivity contribution in [3.63, 3.8) is 0 Å². The highest BCUT2D eigenvalue weighted by atomic mass is 127. The van der Waals surface area contributed by atoms with E-state index in [-0.39, 0.29) is 0 Å². The number of ether oxygens (including phenoxy) is 1. The molecule has 0 saturated heterocycles. The quantitative estimate of drug-likeness (QED) is 0.619. The third-order valence-corrected chi connectivity index (χ3v) is 3.35. The summed E-state index contributed by atoms with van der Waals surface area (Å²) >= 11 is 2.36. The van der Waals surface area contributed by atoms with Gasteiger partial charge in [0.1, 0.15) is 0 Å². The van der Waals surface area contributed by atoms with Crippen LogP contribution in [0.5, 0.6) is 5.88 Å². The third kappa shape index (κ3) is 3.19. The summed E-state index contributed by atoms with van der Waals surface area (Å²) in [5.74, 6) is 0.681. The zero-order chi connectivity index (χ0) is 12.1. The lowest BCUT2D eigenvalue weighted by molar-refractivity contribution is 0.327. The van der Waals surface area contributed by atoms with Crippen LogP contribution in [-0.2, 0) is 4.43 Å². The number of benzene rings is 1. The Morgan fingerprint density at radius 2 is 1.76 bits per heavy atom. The molecule has 0 amide bonds. The number of hydrogen-bond donors (Lipinski definition) is 0. The highest BCUT2D eigenvalue weighted by Gasteiger charge is 1.99. The molecular weight excluding hydrogens is 325 g/mol. The van der Waals surface area contributed by atoms with E-state index in [1.54, 1.807) is 0 Å². The van der Waals surface area contributed by atoms with Crippen molar-refractivity contribution in [2.24, 2.45) is 0 Å². The summed E-state index contributed by atoms with van der Waals surface area (Å²) in [6, 6.07) is 12.5. The molecule has 2 rings (SSSR count). The van der Waals surface area contributed by atoms with Crippen molar-refractivity contribution in [1.82, 2.24) is 4.98 Å². The predicted molar refractivity (Wildman–Crippen MR) is 78.6 cm³/mol. The fourth-order valence-electron chi connectivity index (χ4n) is 1.57. The molecule has 0 aliphatic carbocycles. The number of halogens is 1. The van der Waals surface area contributed by atoms with Crippen LogP contribution in [0.2, 0.25) is 0 Å². The zero-order valence-corrected chi connectivity index (χ0v) is 11.8. The molecule has 0 N–H and O–H groups in total. The van der Waals surface area contributed by atoms with Crippen LogP contribution < -0.4 is 4.74 Å². The monoisotopic (exact) mass is 339 g/mol. The fourth-order valence-corrected chi connectivity index (χ4v) is 2.08. The molecule has 1 heterocycles. The average Bonchev–Trinajstić information content (AvgIpc) is 2.40. The van der Waals surface area contributed by atoms with Crippen LogP contribution in [0.1, 0.15) is 12.5 Å². The minimum atomic E-state index is 0.650. The molecule has 88 valence electrons. The summed E-state index contributed by atoms with van der Waals surface area (Å²) in [6.45, 7) is 2.61. The Kier molecular flexibility index (Phi) is 4.36. The summed E-state index contributed by atoms with van der Waals surface area (Å²) in [7, 11) is 0. The topological polar surface area (TPSA) is 22.1 Å². The third-order valence-electron chi connectivity index (χ3n) is 2.47. The van der Waals surface area contributed by atoms with E-state index in [4.69, 9.17) is 4.74 Å². The van der Waals surface area contributed by atoms with Crippen molar-refractivity contribution in [2.45, 2.75) is 11.4 Å². The van der Waals surface area contributed by atoms with E-state index in [9.17, 15) is 0 Å². The second kappa shape index (κ2) is 6.00. The van der Waals surface area contributed by atoms with Crippen LogP contribution in [0.4, 0.5) is 0 Å². The molecular formula is C14H14INO. The number of hydrogen-bond acceptors (Lipinski definition) is 2. The van der Waals surface area contributed by atoms with Crippen molar-refractivity contribution in [3.05, 3.63) is 48.2 Å². The first-order valence-electron chi connectivity index (χ1n) is 5.57. The van der Waals surface area contributed by atoms with Crippen LogP contribution in [0.15, 0.2) is 42.6 Å². The van der Waals surface area contributed by atoms with Crippen LogP contribution in [-0.4, -0.2) is 11.6 Å². The maximum Gasteiger partial charge on any atom is 0.213 e. The van der Waals surface area contributed by atoms with E-state index in [0.29, 0.717) is 12.5 Å². The first-order valence-corrected chi connectivity index (χ1v) is 7.10. The van der Waals surface area contributed by atoms with Crippen molar-refractivity contribution in [2.75, 3.05) is 6.61 Å². The Hall–Kier alpha value is -1.10. The highest BCUT2D eigenvalue weighted by Crippen LogP contribution is 2.21. The lowest BCUT2D eigenvalue weighted by atomic mass is 10.1. The van der Waals surface area contributed by atoms with Gasteiger partial charge in [0.05, 0.1) is 6.61 Å². The Balaban J connectivity index is 2.20. The normalized spacial score (nSPS) is 10.2. The lowest BCUT2D eigenvalue weighted by Gasteiger charge is -2.04. The number of nitrogens with zero attached hydrogens (tertiary/aromatic N) is 1. The smallest absolute Gasteiger partial charge is 0.213 e. The van der Waals surface area contributed by atoms with Gasteiger partial charge in [0, 0.05) is 22.3 Å². The summed E-state index contributed by atoms with van der Waals surface area (Å²) in [4.78, 5) is 4.26. The Labute approximate surface area is 115 Å². The van der Waals surface area contributed by atoms with Gasteiger partial charge in [-0.2, -0.15) is 0 Å². The number of pyridine rings is 1. The maximum absolute atomic E-state index is 5.32. The Morgan fingerprint density at radius 1 is 1.06 bits per heavy atom. The van der Waals surface area contributed by atoms with Gasteiger partial charge < -0.3 is 4.74 Å². The SMILES string of the molecule is CCOc1ccc(-c2ccc(CI)cc2)cn1. The molecule has 0 saturated carbocycles. The summed E-state index contributed by atoms with van der Waals surface area (Å²) in [5.41, 5.74) is 3.65. The predicted octanol–water partition coefficient (Wildman–Crippen LogP) is 4.08. The number of aromatic nitrogens is 1. The largest absolute Gasteiger partial charge is 0.478 e. The molecule has 1 aromatic carbocycles. The van der Waals surface area contributed by atoms with Gasteiger partial charge in [-0.3, -0.25) is 0 Å². The van der Waals surface area contributed by atoms with E-state index in [0.717, 1.165) is 9.99 Å². The lowest BCUT2D eigenvalue weighted by Crippen LogP contribution is -1.93. The van der Waals surface area contributed by atoms with Gasteiger partial charge in [-0.15, -0.1) is 0 Å². The van der Waals surface area contributed by atoms with Crippen molar-refractivity contribution >= 4 is 22.6 Å². The van der Waals surface area contributed by atoms with E-state index in [1.807, 2.05) is 25.3 Å². The molecule has 3 heteroatoms. The fraction of sp³-hybridized carbons (Fsp3) is 0.214. The van der Waals surface area contributed by atoms with Gasteiger partial charge in [0.15, 0.2) is 0 Å². The van der Waals surface area contributed by atoms with Gasteiger partial charge in [0.25, 0.3) is 0 Å². The molecule has 2 aromatic rings. The first kappa shape index (κ1) is 12.4. The molecule has 1 aromatic heterocycles. The van der Waals surface area contributed by atoms with Gasteiger partial charge in [-0.05, 0) is 24.1 Å². The molecule has 0 spiro atoms. The average molecular weight is 339 g/mol. The second-order valence-corrected chi connectivity index (χ2v) is 4.41. The number of rotatable bonds is 4. The molecule has 2 nitrogen and oxygen atoms in total. The first-order chi connectivity index (χ1) is 8.33. The van der Waals surface area contributed by atoms with Gasteiger partial charge in [-0.1, -0.05) is 46.9 Å². The van der Waals surface area contributed by atoms with Crippen LogP contribution >= 0.6 is 22.6 Å². The Morgan fingerprint density at radius 3 is 2.29 bits per heavy atom. The standard InChI is InChI=1S/C14H14INO/c1-2-17-14-8-7-13(10-16-14)12-5-3-11(9-15)4-6-12/h3-8,10H,2,9H2,1H3. The molecule has 0 bridgehead atoms. The molecule has 0 atom stereocenters. The molecule has 0 fully saturated rings. The maximum atomic E-state index is 5.32. The van der Waals surface area contributed by atoms with Crippen molar-refractivity contribution < 1.29 is 4.74 Å². The summed E-state index contributed by atoms with van der Waals surface area (Å²) in [6.07, 6.45) is 1.85. The van der Waals surface area contributed by atoms with E-state index < -0.39 is 0 Å².